The molecule has 0 radical (unpaired) electrons. The van der Waals surface area contributed by atoms with Gasteiger partial charge in [0.25, 0.3) is 11.8 Å². The summed E-state index contributed by atoms with van der Waals surface area (Å²) in [5.41, 5.74) is 5.03. The van der Waals surface area contributed by atoms with Gasteiger partial charge in [0.15, 0.2) is 22.4 Å². The first-order valence-electron chi connectivity index (χ1n) is 12.0. The first-order chi connectivity index (χ1) is 18.2. The van der Waals surface area contributed by atoms with Gasteiger partial charge in [-0.15, -0.1) is 0 Å². The number of hydrogen-bond donors (Lipinski definition) is 1. The molecule has 4 rings (SSSR count). The van der Waals surface area contributed by atoms with Crippen molar-refractivity contribution < 1.29 is 19.1 Å². The van der Waals surface area contributed by atoms with Crippen molar-refractivity contribution in [2.45, 2.75) is 27.7 Å². The molecule has 0 bridgehead atoms. The number of aryl methyl sites for hydroxylation is 3. The van der Waals surface area contributed by atoms with Crippen LogP contribution in [0.4, 0.5) is 11.4 Å². The van der Waals surface area contributed by atoms with E-state index in [4.69, 9.17) is 33.3 Å². The van der Waals surface area contributed by atoms with Crippen molar-refractivity contribution in [3.05, 3.63) is 86.8 Å². The van der Waals surface area contributed by atoms with Crippen LogP contribution in [0.25, 0.3) is 6.08 Å². The quantitative estimate of drug-likeness (QED) is 0.232. The summed E-state index contributed by atoms with van der Waals surface area (Å²) < 4.78 is 12.0. The highest BCUT2D eigenvalue weighted by Gasteiger charge is 2.33. The van der Waals surface area contributed by atoms with Crippen LogP contribution in [0.15, 0.2) is 59.5 Å². The molecule has 38 heavy (non-hydrogen) atoms. The molecule has 1 aliphatic heterocycles. The molecule has 3 aromatic rings. The molecule has 0 spiro atoms. The van der Waals surface area contributed by atoms with E-state index in [2.05, 4.69) is 5.32 Å². The van der Waals surface area contributed by atoms with Crippen LogP contribution >= 0.6 is 35.6 Å². The van der Waals surface area contributed by atoms with E-state index in [1.807, 2.05) is 58.0 Å². The zero-order valence-electron chi connectivity index (χ0n) is 21.5. The van der Waals surface area contributed by atoms with Gasteiger partial charge in [0, 0.05) is 10.7 Å². The number of carbonyl (C=O) groups excluding carboxylic acids is 2. The molecular weight excluding hydrogens is 540 g/mol. The Hall–Kier alpha value is -3.33. The summed E-state index contributed by atoms with van der Waals surface area (Å²) in [6.45, 7) is 7.88. The van der Waals surface area contributed by atoms with Gasteiger partial charge in [-0.05, 0) is 80.3 Å². The van der Waals surface area contributed by atoms with Crippen molar-refractivity contribution in [3.8, 4) is 11.5 Å². The van der Waals surface area contributed by atoms with Crippen molar-refractivity contribution in [2.24, 2.45) is 0 Å². The van der Waals surface area contributed by atoms with Crippen LogP contribution < -0.4 is 19.7 Å². The van der Waals surface area contributed by atoms with Crippen molar-refractivity contribution >= 4 is 69.2 Å². The minimum Gasteiger partial charge on any atom is -0.490 e. The van der Waals surface area contributed by atoms with Gasteiger partial charge in [0.2, 0.25) is 0 Å². The number of thioether (sulfide) groups is 1. The zero-order chi connectivity index (χ0) is 27.4. The summed E-state index contributed by atoms with van der Waals surface area (Å²) in [5.74, 6) is 0.416. The minimum atomic E-state index is -0.270. The summed E-state index contributed by atoms with van der Waals surface area (Å²) in [5, 5.41) is 3.48. The Labute approximate surface area is 237 Å². The highest BCUT2D eigenvalue weighted by molar-refractivity contribution is 8.27. The van der Waals surface area contributed by atoms with Gasteiger partial charge < -0.3 is 14.8 Å². The molecule has 196 valence electrons. The summed E-state index contributed by atoms with van der Waals surface area (Å²) >= 11 is 13.0. The van der Waals surface area contributed by atoms with E-state index in [1.165, 1.54) is 16.7 Å². The number of nitrogens with zero attached hydrogens (tertiary/aromatic N) is 1. The van der Waals surface area contributed by atoms with Crippen molar-refractivity contribution in [3.63, 3.8) is 0 Å². The average molecular weight is 567 g/mol. The Balaban J connectivity index is 1.49. The Morgan fingerprint density at radius 2 is 1.76 bits per heavy atom. The van der Waals surface area contributed by atoms with Crippen molar-refractivity contribution in [2.75, 3.05) is 23.4 Å². The highest BCUT2D eigenvalue weighted by atomic mass is 35.5. The number of nitrogens with one attached hydrogen (secondary N) is 1. The van der Waals surface area contributed by atoms with Crippen molar-refractivity contribution in [1.29, 1.82) is 0 Å². The molecule has 2 amide bonds. The summed E-state index contributed by atoms with van der Waals surface area (Å²) in [4.78, 5) is 27.7. The SMILES string of the molecule is CCOc1cc(/C=C2\SC(=S)N(c3ccc(C)c(Cl)c3)C2=O)ccc1OCC(=O)Nc1c(C)cccc1C. The molecular formula is C29H27ClN2O4S2. The fraction of sp³-hybridized carbons (Fsp3) is 0.207. The van der Waals surface area contributed by atoms with Gasteiger partial charge in [0.05, 0.1) is 17.2 Å². The van der Waals surface area contributed by atoms with Crippen LogP contribution in [-0.2, 0) is 9.59 Å². The predicted octanol–water partition coefficient (Wildman–Crippen LogP) is 7.09. The zero-order valence-corrected chi connectivity index (χ0v) is 23.9. The molecule has 1 aliphatic rings. The second-order valence-corrected chi connectivity index (χ2v) is 10.8. The highest BCUT2D eigenvalue weighted by Crippen LogP contribution is 2.38. The number of ether oxygens (including phenoxy) is 2. The maximum absolute atomic E-state index is 13.2. The monoisotopic (exact) mass is 566 g/mol. The number of thiocarbonyl (C=S) groups is 1. The number of rotatable bonds is 8. The number of hydrogen-bond acceptors (Lipinski definition) is 6. The molecule has 1 fully saturated rings. The Morgan fingerprint density at radius 1 is 1.03 bits per heavy atom. The normalized spacial score (nSPS) is 14.2. The van der Waals surface area contributed by atoms with Crippen molar-refractivity contribution in [1.82, 2.24) is 0 Å². The van der Waals surface area contributed by atoms with E-state index < -0.39 is 0 Å². The van der Waals surface area contributed by atoms with Gasteiger partial charge in [-0.2, -0.15) is 0 Å². The molecule has 1 N–H and O–H groups in total. The third-order valence-corrected chi connectivity index (χ3v) is 7.59. The van der Waals surface area contributed by atoms with Crippen LogP contribution in [0.1, 0.15) is 29.2 Å². The second-order valence-electron chi connectivity index (χ2n) is 8.69. The molecule has 0 aromatic heterocycles. The van der Waals surface area contributed by atoms with Gasteiger partial charge in [-0.1, -0.05) is 65.9 Å². The van der Waals surface area contributed by atoms with E-state index >= 15 is 0 Å². The number of carbonyl (C=O) groups is 2. The van der Waals surface area contributed by atoms with Crippen LogP contribution in [0.2, 0.25) is 5.02 Å². The summed E-state index contributed by atoms with van der Waals surface area (Å²) in [6, 6.07) is 16.6. The van der Waals surface area contributed by atoms with E-state index in [-0.39, 0.29) is 18.4 Å². The van der Waals surface area contributed by atoms with Crippen LogP contribution in [-0.4, -0.2) is 29.3 Å². The Bertz CT molecular complexity index is 1430. The molecule has 9 heteroatoms. The lowest BCUT2D eigenvalue weighted by molar-refractivity contribution is -0.118. The number of amides is 2. The fourth-order valence-electron chi connectivity index (χ4n) is 3.89. The molecule has 3 aromatic carbocycles. The van der Waals surface area contributed by atoms with E-state index in [9.17, 15) is 9.59 Å². The van der Waals surface area contributed by atoms with E-state index in [1.54, 1.807) is 30.3 Å². The van der Waals surface area contributed by atoms with Crippen LogP contribution in [0, 0.1) is 20.8 Å². The third-order valence-electron chi connectivity index (χ3n) is 5.88. The van der Waals surface area contributed by atoms with E-state index in [0.29, 0.717) is 38.0 Å². The molecule has 0 atom stereocenters. The standard InChI is InChI=1S/C29H27ClN2O4S2/c1-5-35-24-13-20(10-12-23(24)36-16-26(33)31-27-18(3)7-6-8-19(27)4)14-25-28(34)32(29(37)38-25)21-11-9-17(2)22(30)15-21/h6-15H,5,16H2,1-4H3,(H,31,33)/b25-14-. The van der Waals surface area contributed by atoms with Gasteiger partial charge in [-0.25, -0.2) is 0 Å². The predicted molar refractivity (Wildman–Crippen MR) is 159 cm³/mol. The fourth-order valence-corrected chi connectivity index (χ4v) is 5.37. The number of anilines is 2. The lowest BCUT2D eigenvalue weighted by Gasteiger charge is -2.15. The molecule has 0 saturated carbocycles. The minimum absolute atomic E-state index is 0.176. The number of halogens is 1. The lowest BCUT2D eigenvalue weighted by atomic mass is 10.1. The van der Waals surface area contributed by atoms with E-state index in [0.717, 1.165) is 27.9 Å². The first kappa shape index (κ1) is 27.7. The summed E-state index contributed by atoms with van der Waals surface area (Å²) in [7, 11) is 0. The van der Waals surface area contributed by atoms with Gasteiger partial charge in [-0.3, -0.25) is 14.5 Å². The smallest absolute Gasteiger partial charge is 0.270 e. The van der Waals surface area contributed by atoms with Crippen LogP contribution in [0.3, 0.4) is 0 Å². The largest absolute Gasteiger partial charge is 0.490 e. The molecule has 0 aliphatic carbocycles. The number of para-hydroxylation sites is 1. The average Bonchev–Trinajstić information content (AvgIpc) is 3.15. The summed E-state index contributed by atoms with van der Waals surface area (Å²) in [6.07, 6.45) is 1.76. The third kappa shape index (κ3) is 6.20. The Morgan fingerprint density at radius 3 is 2.45 bits per heavy atom. The first-order valence-corrected chi connectivity index (χ1v) is 13.6. The Kier molecular flexibility index (Phi) is 8.76. The van der Waals surface area contributed by atoms with Gasteiger partial charge >= 0.3 is 0 Å². The maximum Gasteiger partial charge on any atom is 0.270 e. The number of benzene rings is 3. The molecule has 1 saturated heterocycles. The van der Waals surface area contributed by atoms with Crippen LogP contribution in [0.5, 0.6) is 11.5 Å². The maximum atomic E-state index is 13.2. The lowest BCUT2D eigenvalue weighted by Crippen LogP contribution is -2.27. The van der Waals surface area contributed by atoms with Gasteiger partial charge in [0.1, 0.15) is 0 Å². The molecule has 1 heterocycles. The topological polar surface area (TPSA) is 67.9 Å². The second kappa shape index (κ2) is 12.0. The molecule has 6 nitrogen and oxygen atoms in total. The molecule has 0 unspecified atom stereocenters.